The molecule has 7 heteroatoms. The van der Waals surface area contributed by atoms with Gasteiger partial charge in [0.1, 0.15) is 23.0 Å². The van der Waals surface area contributed by atoms with Gasteiger partial charge in [-0.2, -0.15) is 0 Å². The van der Waals surface area contributed by atoms with Gasteiger partial charge in [-0.15, -0.1) is 0 Å². The lowest BCUT2D eigenvalue weighted by Gasteiger charge is -2.02. The molecule has 2 rings (SSSR count). The van der Waals surface area contributed by atoms with Gasteiger partial charge in [-0.3, -0.25) is 4.79 Å². The van der Waals surface area contributed by atoms with Gasteiger partial charge in [-0.1, -0.05) is 0 Å². The van der Waals surface area contributed by atoms with E-state index in [1.807, 2.05) is 0 Å². The summed E-state index contributed by atoms with van der Waals surface area (Å²) in [5.41, 5.74) is -1.42. The van der Waals surface area contributed by atoms with Crippen LogP contribution in [0.25, 0.3) is 11.4 Å². The Balaban J connectivity index is 2.55. The van der Waals surface area contributed by atoms with E-state index < -0.39 is 28.7 Å². The number of aromatic carboxylic acids is 1. The van der Waals surface area contributed by atoms with Gasteiger partial charge in [0.05, 0.1) is 0 Å². The monoisotopic (exact) mass is 252 g/mol. The van der Waals surface area contributed by atoms with Crippen molar-refractivity contribution in [2.24, 2.45) is 0 Å². The summed E-state index contributed by atoms with van der Waals surface area (Å²) in [6.45, 7) is 0. The highest BCUT2D eigenvalue weighted by atomic mass is 19.1. The molecule has 0 saturated heterocycles. The maximum absolute atomic E-state index is 13.0. The fourth-order valence-electron chi connectivity index (χ4n) is 1.38. The molecule has 1 aromatic carbocycles. The molecule has 0 bridgehead atoms. The number of carbonyl (C=O) groups is 1. The van der Waals surface area contributed by atoms with Crippen molar-refractivity contribution in [3.8, 4) is 11.4 Å². The number of nitrogens with one attached hydrogen (secondary N) is 1. The molecule has 0 fully saturated rings. The van der Waals surface area contributed by atoms with E-state index in [1.54, 1.807) is 0 Å². The number of carboxylic acids is 1. The van der Waals surface area contributed by atoms with Gasteiger partial charge in [-0.25, -0.2) is 18.6 Å². The van der Waals surface area contributed by atoms with E-state index in [-0.39, 0.29) is 11.4 Å². The highest BCUT2D eigenvalue weighted by molar-refractivity contribution is 5.86. The summed E-state index contributed by atoms with van der Waals surface area (Å²) in [6, 6.07) is 2.62. The van der Waals surface area contributed by atoms with Crippen molar-refractivity contribution >= 4 is 5.97 Å². The third-order valence-electron chi connectivity index (χ3n) is 2.17. The zero-order valence-electron chi connectivity index (χ0n) is 8.78. The van der Waals surface area contributed by atoms with Crippen molar-refractivity contribution in [2.75, 3.05) is 0 Å². The lowest BCUT2D eigenvalue weighted by atomic mass is 10.2. The van der Waals surface area contributed by atoms with E-state index in [0.29, 0.717) is 6.07 Å². The van der Waals surface area contributed by atoms with Crippen LogP contribution in [-0.4, -0.2) is 21.0 Å². The van der Waals surface area contributed by atoms with Gasteiger partial charge in [0.15, 0.2) is 0 Å². The van der Waals surface area contributed by atoms with Crippen LogP contribution in [0.2, 0.25) is 0 Å². The average Bonchev–Trinajstić information content (AvgIpc) is 2.26. The first-order valence-electron chi connectivity index (χ1n) is 4.76. The topological polar surface area (TPSA) is 83.0 Å². The van der Waals surface area contributed by atoms with Crippen molar-refractivity contribution in [1.29, 1.82) is 0 Å². The van der Waals surface area contributed by atoms with Crippen LogP contribution in [0.5, 0.6) is 0 Å². The van der Waals surface area contributed by atoms with E-state index in [1.165, 1.54) is 0 Å². The van der Waals surface area contributed by atoms with Gasteiger partial charge < -0.3 is 10.1 Å². The number of benzene rings is 1. The Morgan fingerprint density at radius 1 is 1.22 bits per heavy atom. The van der Waals surface area contributed by atoms with E-state index in [0.717, 1.165) is 18.3 Å². The number of hydrogen-bond donors (Lipinski definition) is 2. The minimum atomic E-state index is -1.43. The Morgan fingerprint density at radius 3 is 2.33 bits per heavy atom. The first-order chi connectivity index (χ1) is 8.47. The van der Waals surface area contributed by atoms with Gasteiger partial charge in [0.2, 0.25) is 0 Å². The van der Waals surface area contributed by atoms with Crippen LogP contribution >= 0.6 is 0 Å². The largest absolute Gasteiger partial charge is 0.477 e. The van der Waals surface area contributed by atoms with Crippen LogP contribution < -0.4 is 5.56 Å². The molecular weight excluding hydrogens is 246 g/mol. The lowest BCUT2D eigenvalue weighted by molar-refractivity contribution is 0.0694. The lowest BCUT2D eigenvalue weighted by Crippen LogP contribution is -2.18. The number of hydrogen-bond acceptors (Lipinski definition) is 3. The van der Waals surface area contributed by atoms with Crippen LogP contribution in [0.3, 0.4) is 0 Å². The predicted molar refractivity (Wildman–Crippen MR) is 57.2 cm³/mol. The van der Waals surface area contributed by atoms with E-state index in [9.17, 15) is 18.4 Å². The summed E-state index contributed by atoms with van der Waals surface area (Å²) >= 11 is 0. The molecule has 0 aliphatic heterocycles. The van der Waals surface area contributed by atoms with E-state index >= 15 is 0 Å². The maximum Gasteiger partial charge on any atom is 0.342 e. The fourth-order valence-corrected chi connectivity index (χ4v) is 1.38. The molecule has 0 aliphatic carbocycles. The molecule has 1 heterocycles. The standard InChI is InChI=1S/C11H6F2N2O3/c12-6-1-5(2-7(13)3-6)9-14-4-8(11(17)18)10(16)15-9/h1-4H,(H,17,18)(H,14,15,16). The van der Waals surface area contributed by atoms with E-state index in [2.05, 4.69) is 9.97 Å². The van der Waals surface area contributed by atoms with Crippen LogP contribution in [0.15, 0.2) is 29.2 Å². The Bertz CT molecular complexity index is 662. The number of rotatable bonds is 2. The summed E-state index contributed by atoms with van der Waals surface area (Å²) in [7, 11) is 0. The molecule has 2 aromatic rings. The summed E-state index contributed by atoms with van der Waals surface area (Å²) in [5, 5.41) is 8.64. The molecule has 0 spiro atoms. The second-order valence-corrected chi connectivity index (χ2v) is 3.44. The predicted octanol–water partition coefficient (Wildman–Crippen LogP) is 1.41. The van der Waals surface area contributed by atoms with Crippen molar-refractivity contribution in [3.63, 3.8) is 0 Å². The molecule has 0 saturated carbocycles. The van der Waals surface area contributed by atoms with Crippen molar-refractivity contribution in [3.05, 3.63) is 51.9 Å². The van der Waals surface area contributed by atoms with Gasteiger partial charge in [0, 0.05) is 17.8 Å². The van der Waals surface area contributed by atoms with Gasteiger partial charge in [-0.05, 0) is 12.1 Å². The first kappa shape index (κ1) is 11.9. The molecule has 18 heavy (non-hydrogen) atoms. The number of aromatic amines is 1. The number of nitrogens with zero attached hydrogens (tertiary/aromatic N) is 1. The quantitative estimate of drug-likeness (QED) is 0.846. The number of carboxylic acid groups (broad SMARTS) is 1. The number of halogens is 2. The maximum atomic E-state index is 13.0. The third-order valence-corrected chi connectivity index (χ3v) is 2.17. The summed E-state index contributed by atoms with van der Waals surface area (Å²) in [5.74, 6) is -3.19. The molecule has 2 N–H and O–H groups in total. The molecule has 0 aliphatic rings. The summed E-state index contributed by atoms with van der Waals surface area (Å²) in [4.78, 5) is 27.7. The highest BCUT2D eigenvalue weighted by Crippen LogP contribution is 2.16. The van der Waals surface area contributed by atoms with Crippen molar-refractivity contribution in [2.45, 2.75) is 0 Å². The van der Waals surface area contributed by atoms with Crippen molar-refractivity contribution in [1.82, 2.24) is 9.97 Å². The average molecular weight is 252 g/mol. The zero-order chi connectivity index (χ0) is 13.3. The molecule has 0 radical (unpaired) electrons. The molecule has 5 nitrogen and oxygen atoms in total. The number of H-pyrrole nitrogens is 1. The number of aromatic nitrogens is 2. The van der Waals surface area contributed by atoms with Crippen LogP contribution in [0.4, 0.5) is 8.78 Å². The van der Waals surface area contributed by atoms with Gasteiger partial charge >= 0.3 is 5.97 Å². The summed E-state index contributed by atoms with van der Waals surface area (Å²) < 4.78 is 25.9. The summed E-state index contributed by atoms with van der Waals surface area (Å²) in [6.07, 6.45) is 0.833. The molecule has 0 unspecified atom stereocenters. The molecule has 1 aromatic heterocycles. The fraction of sp³-hybridized carbons (Fsp3) is 0. The van der Waals surface area contributed by atoms with E-state index in [4.69, 9.17) is 5.11 Å². The molecule has 0 amide bonds. The Morgan fingerprint density at radius 2 is 1.83 bits per heavy atom. The SMILES string of the molecule is O=C(O)c1cnc(-c2cc(F)cc(F)c2)[nH]c1=O. The molecular formula is C11H6F2N2O3. The van der Waals surface area contributed by atoms with Crippen molar-refractivity contribution < 1.29 is 18.7 Å². The third kappa shape index (κ3) is 2.24. The smallest absolute Gasteiger partial charge is 0.342 e. The Labute approximate surface area is 98.7 Å². The Hall–Kier alpha value is -2.57. The Kier molecular flexibility index (Phi) is 2.88. The first-order valence-corrected chi connectivity index (χ1v) is 4.76. The minimum Gasteiger partial charge on any atom is -0.477 e. The van der Waals surface area contributed by atoms with Crippen LogP contribution in [0, 0.1) is 11.6 Å². The molecule has 0 atom stereocenters. The zero-order valence-corrected chi connectivity index (χ0v) is 8.78. The minimum absolute atomic E-state index is 0.0153. The molecule has 92 valence electrons. The highest BCUT2D eigenvalue weighted by Gasteiger charge is 2.11. The second-order valence-electron chi connectivity index (χ2n) is 3.44. The van der Waals surface area contributed by atoms with Crippen LogP contribution in [-0.2, 0) is 0 Å². The van der Waals surface area contributed by atoms with Gasteiger partial charge in [0.25, 0.3) is 5.56 Å². The second kappa shape index (κ2) is 4.36. The van der Waals surface area contributed by atoms with Crippen LogP contribution in [0.1, 0.15) is 10.4 Å². The normalized spacial score (nSPS) is 10.3.